The SMILES string of the molecule is CCN(C1CCSCC1)C1COCC1C(=O)O. The van der Waals surface area contributed by atoms with Crippen LogP contribution in [0.2, 0.25) is 0 Å². The van der Waals surface area contributed by atoms with Crippen LogP contribution in [-0.2, 0) is 9.53 Å². The zero-order valence-corrected chi connectivity index (χ0v) is 11.1. The average Bonchev–Trinajstić information content (AvgIpc) is 2.81. The number of carbonyl (C=O) groups is 1. The number of thioether (sulfide) groups is 1. The Morgan fingerprint density at radius 2 is 2.12 bits per heavy atom. The number of hydrogen-bond acceptors (Lipinski definition) is 4. The van der Waals surface area contributed by atoms with Crippen LogP contribution in [0.25, 0.3) is 0 Å². The summed E-state index contributed by atoms with van der Waals surface area (Å²) in [5.41, 5.74) is 0. The number of likely N-dealkylation sites (N-methyl/N-ethyl adjacent to an activating group) is 1. The van der Waals surface area contributed by atoms with E-state index in [0.29, 0.717) is 19.3 Å². The zero-order chi connectivity index (χ0) is 12.3. The van der Waals surface area contributed by atoms with Crippen LogP contribution in [-0.4, -0.2) is 59.3 Å². The largest absolute Gasteiger partial charge is 0.481 e. The molecule has 5 heteroatoms. The molecule has 0 aromatic rings. The summed E-state index contributed by atoms with van der Waals surface area (Å²) in [6, 6.07) is 0.625. The standard InChI is InChI=1S/C12H21NO3S/c1-2-13(9-3-5-17-6-4-9)11-8-16-7-10(11)12(14)15/h9-11H,2-8H2,1H3,(H,14,15). The first kappa shape index (κ1) is 13.2. The highest BCUT2D eigenvalue weighted by molar-refractivity contribution is 7.99. The molecule has 2 atom stereocenters. The highest BCUT2D eigenvalue weighted by Gasteiger charge is 2.40. The zero-order valence-electron chi connectivity index (χ0n) is 10.3. The molecule has 0 spiro atoms. The molecule has 0 amide bonds. The van der Waals surface area contributed by atoms with Crippen LogP contribution in [0.5, 0.6) is 0 Å². The summed E-state index contributed by atoms with van der Waals surface area (Å²) < 4.78 is 5.38. The maximum atomic E-state index is 11.2. The van der Waals surface area contributed by atoms with Crippen LogP contribution in [0.1, 0.15) is 19.8 Å². The van der Waals surface area contributed by atoms with E-state index < -0.39 is 5.97 Å². The molecule has 0 radical (unpaired) electrons. The van der Waals surface area contributed by atoms with Gasteiger partial charge in [0.1, 0.15) is 0 Å². The fraction of sp³-hybridized carbons (Fsp3) is 0.917. The average molecular weight is 259 g/mol. The Hall–Kier alpha value is -0.260. The number of carboxylic acids is 1. The van der Waals surface area contributed by atoms with Gasteiger partial charge in [-0.25, -0.2) is 0 Å². The summed E-state index contributed by atoms with van der Waals surface area (Å²) in [6.07, 6.45) is 2.36. The summed E-state index contributed by atoms with van der Waals surface area (Å²) in [5.74, 6) is 1.35. The number of aliphatic carboxylic acids is 1. The second-order valence-corrected chi connectivity index (χ2v) is 5.95. The van der Waals surface area contributed by atoms with Crippen LogP contribution in [0.4, 0.5) is 0 Å². The van der Waals surface area contributed by atoms with Crippen LogP contribution < -0.4 is 0 Å². The second-order valence-electron chi connectivity index (χ2n) is 4.72. The molecule has 2 aliphatic heterocycles. The van der Waals surface area contributed by atoms with Crippen molar-refractivity contribution in [2.45, 2.75) is 31.8 Å². The van der Waals surface area contributed by atoms with Crippen molar-refractivity contribution >= 4 is 17.7 Å². The van der Waals surface area contributed by atoms with E-state index in [1.807, 2.05) is 11.8 Å². The third kappa shape index (κ3) is 2.95. The maximum Gasteiger partial charge on any atom is 0.310 e. The Kier molecular flexibility index (Phi) is 4.70. The molecule has 2 fully saturated rings. The molecule has 0 aliphatic carbocycles. The van der Waals surface area contributed by atoms with Gasteiger partial charge in [0.05, 0.1) is 19.1 Å². The molecule has 1 N–H and O–H groups in total. The summed E-state index contributed by atoms with van der Waals surface area (Å²) in [4.78, 5) is 13.6. The van der Waals surface area contributed by atoms with Gasteiger partial charge in [-0.05, 0) is 30.9 Å². The van der Waals surface area contributed by atoms with Gasteiger partial charge < -0.3 is 9.84 Å². The smallest absolute Gasteiger partial charge is 0.310 e. The van der Waals surface area contributed by atoms with Gasteiger partial charge in [-0.3, -0.25) is 9.69 Å². The minimum absolute atomic E-state index is 0.0746. The molecule has 0 aromatic heterocycles. The van der Waals surface area contributed by atoms with Crippen molar-refractivity contribution in [3.63, 3.8) is 0 Å². The monoisotopic (exact) mass is 259 g/mol. The number of hydrogen-bond donors (Lipinski definition) is 1. The fourth-order valence-corrected chi connectivity index (χ4v) is 3.97. The molecular weight excluding hydrogens is 238 g/mol. The van der Waals surface area contributed by atoms with Crippen molar-refractivity contribution < 1.29 is 14.6 Å². The van der Waals surface area contributed by atoms with E-state index in [1.165, 1.54) is 24.3 Å². The lowest BCUT2D eigenvalue weighted by atomic mass is 9.98. The summed E-state index contributed by atoms with van der Waals surface area (Å²) in [5, 5.41) is 9.22. The summed E-state index contributed by atoms with van der Waals surface area (Å²) >= 11 is 2.00. The summed E-state index contributed by atoms with van der Waals surface area (Å²) in [7, 11) is 0. The molecule has 2 aliphatic rings. The number of rotatable bonds is 4. The van der Waals surface area contributed by atoms with Crippen molar-refractivity contribution in [2.24, 2.45) is 5.92 Å². The van der Waals surface area contributed by atoms with Crippen molar-refractivity contribution in [1.82, 2.24) is 4.90 Å². The molecular formula is C12H21NO3S. The van der Waals surface area contributed by atoms with E-state index in [1.54, 1.807) is 0 Å². The van der Waals surface area contributed by atoms with Gasteiger partial charge in [-0.1, -0.05) is 6.92 Å². The van der Waals surface area contributed by atoms with Crippen molar-refractivity contribution in [2.75, 3.05) is 31.3 Å². The van der Waals surface area contributed by atoms with E-state index >= 15 is 0 Å². The highest BCUT2D eigenvalue weighted by Crippen LogP contribution is 2.28. The predicted molar refractivity (Wildman–Crippen MR) is 68.5 cm³/mol. The van der Waals surface area contributed by atoms with Gasteiger partial charge in [0.15, 0.2) is 0 Å². The fourth-order valence-electron chi connectivity index (χ4n) is 2.89. The van der Waals surface area contributed by atoms with Gasteiger partial charge in [-0.15, -0.1) is 0 Å². The lowest BCUT2D eigenvalue weighted by molar-refractivity contribution is -0.143. The van der Waals surface area contributed by atoms with Crippen LogP contribution in [0.3, 0.4) is 0 Å². The van der Waals surface area contributed by atoms with E-state index in [2.05, 4.69) is 11.8 Å². The Balaban J connectivity index is 2.03. The molecule has 0 aromatic carbocycles. The highest BCUT2D eigenvalue weighted by atomic mass is 32.2. The van der Waals surface area contributed by atoms with Gasteiger partial charge in [0.25, 0.3) is 0 Å². The van der Waals surface area contributed by atoms with E-state index in [0.717, 1.165) is 6.54 Å². The second kappa shape index (κ2) is 6.07. The Labute approximate surface area is 107 Å². The molecule has 17 heavy (non-hydrogen) atoms. The third-order valence-electron chi connectivity index (χ3n) is 3.82. The van der Waals surface area contributed by atoms with Crippen molar-refractivity contribution in [1.29, 1.82) is 0 Å². The van der Waals surface area contributed by atoms with Gasteiger partial charge in [0.2, 0.25) is 0 Å². The van der Waals surface area contributed by atoms with E-state index in [4.69, 9.17) is 4.74 Å². The molecule has 2 saturated heterocycles. The lowest BCUT2D eigenvalue weighted by Crippen LogP contribution is -2.49. The Morgan fingerprint density at radius 1 is 1.41 bits per heavy atom. The Bertz CT molecular complexity index is 268. The predicted octanol–water partition coefficient (Wildman–Crippen LogP) is 1.30. The quantitative estimate of drug-likeness (QED) is 0.825. The van der Waals surface area contributed by atoms with Crippen LogP contribution in [0, 0.1) is 5.92 Å². The Morgan fingerprint density at radius 3 is 2.71 bits per heavy atom. The van der Waals surface area contributed by atoms with Crippen LogP contribution in [0.15, 0.2) is 0 Å². The normalized spacial score (nSPS) is 30.9. The van der Waals surface area contributed by atoms with E-state index in [-0.39, 0.29) is 12.0 Å². The molecule has 2 unspecified atom stereocenters. The number of ether oxygens (including phenoxy) is 1. The lowest BCUT2D eigenvalue weighted by Gasteiger charge is -2.38. The minimum atomic E-state index is -0.712. The van der Waals surface area contributed by atoms with Gasteiger partial charge >= 0.3 is 5.97 Å². The van der Waals surface area contributed by atoms with Crippen molar-refractivity contribution in [3.8, 4) is 0 Å². The third-order valence-corrected chi connectivity index (χ3v) is 4.87. The molecule has 4 nitrogen and oxygen atoms in total. The first-order chi connectivity index (χ1) is 8.24. The molecule has 2 heterocycles. The van der Waals surface area contributed by atoms with Gasteiger partial charge in [0, 0.05) is 12.1 Å². The molecule has 0 saturated carbocycles. The van der Waals surface area contributed by atoms with Crippen LogP contribution >= 0.6 is 11.8 Å². The topological polar surface area (TPSA) is 49.8 Å². The maximum absolute atomic E-state index is 11.2. The van der Waals surface area contributed by atoms with Gasteiger partial charge in [-0.2, -0.15) is 11.8 Å². The van der Waals surface area contributed by atoms with Crippen molar-refractivity contribution in [3.05, 3.63) is 0 Å². The summed E-state index contributed by atoms with van der Waals surface area (Å²) in [6.45, 7) is 4.00. The first-order valence-electron chi connectivity index (χ1n) is 6.38. The molecule has 2 rings (SSSR count). The molecule has 0 bridgehead atoms. The van der Waals surface area contributed by atoms with E-state index in [9.17, 15) is 9.90 Å². The number of carboxylic acid groups (broad SMARTS) is 1. The molecule has 98 valence electrons. The number of nitrogens with zero attached hydrogens (tertiary/aromatic N) is 1. The first-order valence-corrected chi connectivity index (χ1v) is 7.53. The minimum Gasteiger partial charge on any atom is -0.481 e.